The molecule has 1 heterocycles. The number of nitrogens with zero attached hydrogens (tertiary/aromatic N) is 3. The molecule has 1 amide bonds. The molecule has 1 N–H and O–H groups in total. The number of nitrogens with one attached hydrogen (secondary N) is 1. The first-order chi connectivity index (χ1) is 10.6. The molecule has 0 aromatic carbocycles. The highest BCUT2D eigenvalue weighted by molar-refractivity contribution is 5.85. The van der Waals surface area contributed by atoms with Gasteiger partial charge in [-0.05, 0) is 25.7 Å². The van der Waals surface area contributed by atoms with E-state index < -0.39 is 17.6 Å². The summed E-state index contributed by atoms with van der Waals surface area (Å²) in [5.74, 6) is -0.668. The van der Waals surface area contributed by atoms with Gasteiger partial charge in [0.1, 0.15) is 17.6 Å². The predicted octanol–water partition coefficient (Wildman–Crippen LogP) is 0.890. The molecule has 2 rings (SSSR count). The fourth-order valence-corrected chi connectivity index (χ4v) is 3.38. The summed E-state index contributed by atoms with van der Waals surface area (Å²) in [4.78, 5) is 25.7. The van der Waals surface area contributed by atoms with Crippen molar-refractivity contribution in [2.75, 3.05) is 13.7 Å². The van der Waals surface area contributed by atoms with Gasteiger partial charge in [0.2, 0.25) is 5.91 Å². The highest BCUT2D eigenvalue weighted by Crippen LogP contribution is 2.31. The number of likely N-dealkylation sites (tertiary alicyclic amines) is 1. The second kappa shape index (κ2) is 8.14. The Morgan fingerprint density at radius 2 is 1.74 bits per heavy atom. The molecular weight excluding hydrogens is 320 g/mol. The highest BCUT2D eigenvalue weighted by atomic mass is 35.5. The van der Waals surface area contributed by atoms with Gasteiger partial charge in [-0.15, -0.1) is 12.4 Å². The van der Waals surface area contributed by atoms with Gasteiger partial charge >= 0.3 is 5.97 Å². The zero-order valence-electron chi connectivity index (χ0n) is 13.1. The molecule has 0 aromatic rings. The molecule has 126 valence electrons. The van der Waals surface area contributed by atoms with Gasteiger partial charge in [-0.3, -0.25) is 14.9 Å². The Bertz CT molecular complexity index is 512. The van der Waals surface area contributed by atoms with Crippen LogP contribution in [0, 0.1) is 22.7 Å². The number of ether oxygens (including phenoxy) is 1. The molecule has 0 radical (unpaired) electrons. The molecule has 0 bridgehead atoms. The quantitative estimate of drug-likeness (QED) is 0.762. The third-order valence-electron chi connectivity index (χ3n) is 4.58. The average Bonchev–Trinajstić information content (AvgIpc) is 3.18. The van der Waals surface area contributed by atoms with Gasteiger partial charge < -0.3 is 9.64 Å². The van der Waals surface area contributed by atoms with Crippen LogP contribution >= 0.6 is 12.4 Å². The van der Waals surface area contributed by atoms with E-state index in [2.05, 4.69) is 17.5 Å². The Morgan fingerprint density at radius 1 is 1.22 bits per heavy atom. The second-order valence-electron chi connectivity index (χ2n) is 5.80. The summed E-state index contributed by atoms with van der Waals surface area (Å²) in [6.45, 7) is -0.0640. The zero-order valence-corrected chi connectivity index (χ0v) is 13.9. The summed E-state index contributed by atoms with van der Waals surface area (Å²) in [5, 5.41) is 21.2. The van der Waals surface area contributed by atoms with Crippen LogP contribution in [0.25, 0.3) is 0 Å². The van der Waals surface area contributed by atoms with E-state index in [1.807, 2.05) is 0 Å². The molecule has 2 fully saturated rings. The van der Waals surface area contributed by atoms with Gasteiger partial charge in [-0.2, -0.15) is 10.5 Å². The lowest BCUT2D eigenvalue weighted by atomic mass is 9.98. The Balaban J connectivity index is 0.00000264. The van der Waals surface area contributed by atoms with E-state index in [0.717, 1.165) is 12.8 Å². The van der Waals surface area contributed by atoms with Crippen LogP contribution in [0.2, 0.25) is 0 Å². The number of rotatable bonds is 4. The van der Waals surface area contributed by atoms with Crippen LogP contribution in [-0.4, -0.2) is 48.1 Å². The van der Waals surface area contributed by atoms with Gasteiger partial charge in [0, 0.05) is 0 Å². The SMILES string of the molecule is COC(=O)C1(NCC(=O)N2[C@H](C#N)CC[C@@H]2C#N)CCCC1.Cl. The van der Waals surface area contributed by atoms with Crippen molar-refractivity contribution in [1.82, 2.24) is 10.2 Å². The topological polar surface area (TPSA) is 106 Å². The van der Waals surface area contributed by atoms with Gasteiger partial charge in [-0.25, -0.2) is 0 Å². The number of esters is 1. The number of methoxy groups -OCH3 is 1. The van der Waals surface area contributed by atoms with E-state index >= 15 is 0 Å². The third-order valence-corrected chi connectivity index (χ3v) is 4.58. The number of hydrogen-bond donors (Lipinski definition) is 1. The monoisotopic (exact) mass is 340 g/mol. The largest absolute Gasteiger partial charge is 0.468 e. The van der Waals surface area contributed by atoms with Crippen LogP contribution in [0.15, 0.2) is 0 Å². The number of nitriles is 2. The van der Waals surface area contributed by atoms with Crippen molar-refractivity contribution in [2.45, 2.75) is 56.1 Å². The maximum atomic E-state index is 12.4. The van der Waals surface area contributed by atoms with E-state index in [4.69, 9.17) is 15.3 Å². The smallest absolute Gasteiger partial charge is 0.326 e. The van der Waals surface area contributed by atoms with Crippen LogP contribution in [-0.2, 0) is 14.3 Å². The molecule has 0 spiro atoms. The molecule has 0 unspecified atom stereocenters. The van der Waals surface area contributed by atoms with E-state index in [1.165, 1.54) is 12.0 Å². The Kier molecular flexibility index (Phi) is 6.80. The fourth-order valence-electron chi connectivity index (χ4n) is 3.38. The van der Waals surface area contributed by atoms with Crippen LogP contribution < -0.4 is 5.32 Å². The summed E-state index contributed by atoms with van der Waals surface area (Å²) < 4.78 is 4.85. The van der Waals surface area contributed by atoms with Gasteiger partial charge in [0.05, 0.1) is 25.8 Å². The minimum absolute atomic E-state index is 0. The second-order valence-corrected chi connectivity index (χ2v) is 5.80. The molecule has 0 aromatic heterocycles. The number of carbonyl (C=O) groups excluding carboxylic acids is 2. The minimum atomic E-state index is -0.811. The van der Waals surface area contributed by atoms with Crippen LogP contribution in [0.5, 0.6) is 0 Å². The molecular formula is C15H21ClN4O3. The van der Waals surface area contributed by atoms with Crippen LogP contribution in [0.1, 0.15) is 38.5 Å². The first-order valence-corrected chi connectivity index (χ1v) is 7.52. The van der Waals surface area contributed by atoms with Gasteiger partial charge in [0.25, 0.3) is 0 Å². The fraction of sp³-hybridized carbons (Fsp3) is 0.733. The molecule has 7 nitrogen and oxygen atoms in total. The van der Waals surface area contributed by atoms with Crippen molar-refractivity contribution in [3.63, 3.8) is 0 Å². The van der Waals surface area contributed by atoms with Crippen LogP contribution in [0.4, 0.5) is 0 Å². The lowest BCUT2D eigenvalue weighted by molar-refractivity contribution is -0.148. The molecule has 2 aliphatic rings. The Labute approximate surface area is 142 Å². The molecule has 23 heavy (non-hydrogen) atoms. The van der Waals surface area contributed by atoms with E-state index in [1.54, 1.807) is 0 Å². The Morgan fingerprint density at radius 3 is 2.17 bits per heavy atom. The summed E-state index contributed by atoms with van der Waals surface area (Å²) in [7, 11) is 1.34. The van der Waals surface area contributed by atoms with Gasteiger partial charge in [-0.1, -0.05) is 12.8 Å². The van der Waals surface area contributed by atoms with Crippen molar-refractivity contribution in [3.05, 3.63) is 0 Å². The predicted molar refractivity (Wildman–Crippen MR) is 83.3 cm³/mol. The number of halogens is 1. The summed E-state index contributed by atoms with van der Waals surface area (Å²) in [6, 6.07) is 3.01. The van der Waals surface area contributed by atoms with Crippen molar-refractivity contribution < 1.29 is 14.3 Å². The average molecular weight is 341 g/mol. The number of hydrogen-bond acceptors (Lipinski definition) is 6. The summed E-state index contributed by atoms with van der Waals surface area (Å²) >= 11 is 0. The maximum Gasteiger partial charge on any atom is 0.326 e. The molecule has 8 heteroatoms. The lowest BCUT2D eigenvalue weighted by Gasteiger charge is -2.29. The first kappa shape index (κ1) is 19.2. The van der Waals surface area contributed by atoms with Crippen molar-refractivity contribution in [3.8, 4) is 12.1 Å². The summed E-state index contributed by atoms with van der Waals surface area (Å²) in [6.07, 6.45) is 4.11. The lowest BCUT2D eigenvalue weighted by Crippen LogP contribution is -2.55. The molecule has 1 aliphatic carbocycles. The van der Waals surface area contributed by atoms with E-state index in [0.29, 0.717) is 25.7 Å². The van der Waals surface area contributed by atoms with Crippen LogP contribution in [0.3, 0.4) is 0 Å². The number of amides is 1. The van der Waals surface area contributed by atoms with Crippen molar-refractivity contribution in [1.29, 1.82) is 10.5 Å². The molecule has 1 saturated carbocycles. The molecule has 2 atom stereocenters. The van der Waals surface area contributed by atoms with Gasteiger partial charge in [0.15, 0.2) is 0 Å². The molecule has 1 aliphatic heterocycles. The Hall–Kier alpha value is -1.83. The summed E-state index contributed by atoms with van der Waals surface area (Å²) in [5.41, 5.74) is -0.811. The third kappa shape index (κ3) is 3.74. The zero-order chi connectivity index (χ0) is 16.2. The minimum Gasteiger partial charge on any atom is -0.468 e. The maximum absolute atomic E-state index is 12.4. The van der Waals surface area contributed by atoms with Crippen molar-refractivity contribution >= 4 is 24.3 Å². The highest BCUT2D eigenvalue weighted by Gasteiger charge is 2.43. The standard InChI is InChI=1S/C15H20N4O3.ClH/c1-22-14(21)15(6-2-3-7-15)18-10-13(20)19-11(8-16)4-5-12(19)9-17;/h11-12,18H,2-7,10H2,1H3;1H/t11-,12+;. The molecule has 1 saturated heterocycles. The first-order valence-electron chi connectivity index (χ1n) is 7.52. The van der Waals surface area contributed by atoms with Crippen molar-refractivity contribution in [2.24, 2.45) is 0 Å². The van der Waals surface area contributed by atoms with E-state index in [9.17, 15) is 9.59 Å². The van der Waals surface area contributed by atoms with E-state index in [-0.39, 0.29) is 30.8 Å². The normalized spacial score (nSPS) is 25.1. The number of carbonyl (C=O) groups is 2.